The van der Waals surface area contributed by atoms with Crippen molar-refractivity contribution in [3.05, 3.63) is 48.5 Å². The standard InChI is InChI=1S/C19H23NO3S/c1-3-22-16-10-5-6-11-17(16)23-14-8-13-19(21)20-15-9-4-7-12-18(15)24-2/h4-7,9-12H,3,8,13-14H2,1-2H3,(H,20,21). The first-order chi connectivity index (χ1) is 11.7. The van der Waals surface area contributed by atoms with Crippen LogP contribution in [0, 0.1) is 0 Å². The van der Waals surface area contributed by atoms with Crippen LogP contribution in [0.2, 0.25) is 0 Å². The predicted octanol–water partition coefficient (Wildman–Crippen LogP) is 4.60. The Morgan fingerprint density at radius 1 is 1.04 bits per heavy atom. The lowest BCUT2D eigenvalue weighted by Crippen LogP contribution is -2.13. The molecule has 128 valence electrons. The molecule has 0 aliphatic carbocycles. The van der Waals surface area contributed by atoms with Crippen molar-refractivity contribution in [2.45, 2.75) is 24.7 Å². The quantitative estimate of drug-likeness (QED) is 0.533. The van der Waals surface area contributed by atoms with Crippen molar-refractivity contribution in [2.75, 3.05) is 24.8 Å². The molecule has 0 aromatic heterocycles. The Kier molecular flexibility index (Phi) is 7.49. The summed E-state index contributed by atoms with van der Waals surface area (Å²) in [5.41, 5.74) is 0.859. The van der Waals surface area contributed by atoms with Crippen LogP contribution in [0.4, 0.5) is 5.69 Å². The summed E-state index contributed by atoms with van der Waals surface area (Å²) in [6.07, 6.45) is 3.06. The zero-order valence-electron chi connectivity index (χ0n) is 14.1. The Morgan fingerprint density at radius 3 is 2.42 bits per heavy atom. The summed E-state index contributed by atoms with van der Waals surface area (Å²) in [5.74, 6) is 1.45. The van der Waals surface area contributed by atoms with Crippen molar-refractivity contribution in [3.63, 3.8) is 0 Å². The smallest absolute Gasteiger partial charge is 0.224 e. The molecule has 1 N–H and O–H groups in total. The Hall–Kier alpha value is -2.14. The monoisotopic (exact) mass is 345 g/mol. The van der Waals surface area contributed by atoms with Gasteiger partial charge in [0.25, 0.3) is 0 Å². The summed E-state index contributed by atoms with van der Waals surface area (Å²) in [5, 5.41) is 2.95. The van der Waals surface area contributed by atoms with Gasteiger partial charge in [0.05, 0.1) is 18.9 Å². The van der Waals surface area contributed by atoms with E-state index in [9.17, 15) is 4.79 Å². The van der Waals surface area contributed by atoms with Crippen LogP contribution < -0.4 is 14.8 Å². The SMILES string of the molecule is CCOc1ccccc1OCCCC(=O)Nc1ccccc1SC. The lowest BCUT2D eigenvalue weighted by atomic mass is 10.2. The van der Waals surface area contributed by atoms with Gasteiger partial charge in [-0.05, 0) is 43.9 Å². The summed E-state index contributed by atoms with van der Waals surface area (Å²) in [7, 11) is 0. The normalized spacial score (nSPS) is 10.2. The lowest BCUT2D eigenvalue weighted by Gasteiger charge is -2.12. The fourth-order valence-electron chi connectivity index (χ4n) is 2.22. The number of benzene rings is 2. The Balaban J connectivity index is 1.77. The van der Waals surface area contributed by atoms with Crippen LogP contribution in [-0.4, -0.2) is 25.4 Å². The molecule has 5 heteroatoms. The second kappa shape index (κ2) is 9.88. The third-order valence-corrected chi connectivity index (χ3v) is 4.13. The molecular formula is C19H23NO3S. The Labute approximate surface area is 147 Å². The first-order valence-corrected chi connectivity index (χ1v) is 9.24. The van der Waals surface area contributed by atoms with Crippen molar-refractivity contribution in [2.24, 2.45) is 0 Å². The van der Waals surface area contributed by atoms with Crippen molar-refractivity contribution in [1.29, 1.82) is 0 Å². The van der Waals surface area contributed by atoms with E-state index in [1.54, 1.807) is 11.8 Å². The molecule has 2 rings (SSSR count). The van der Waals surface area contributed by atoms with E-state index in [0.29, 0.717) is 31.8 Å². The van der Waals surface area contributed by atoms with Crippen LogP contribution in [0.5, 0.6) is 11.5 Å². The number of thioether (sulfide) groups is 1. The molecule has 2 aromatic rings. The number of carbonyl (C=O) groups excluding carboxylic acids is 1. The third kappa shape index (κ3) is 5.49. The van der Waals surface area contributed by atoms with Crippen LogP contribution in [-0.2, 0) is 4.79 Å². The molecule has 4 nitrogen and oxygen atoms in total. The van der Waals surface area contributed by atoms with Crippen LogP contribution in [0.15, 0.2) is 53.4 Å². The number of anilines is 1. The summed E-state index contributed by atoms with van der Waals surface area (Å²) < 4.78 is 11.2. The minimum Gasteiger partial charge on any atom is -0.490 e. The zero-order valence-corrected chi connectivity index (χ0v) is 14.9. The van der Waals surface area contributed by atoms with E-state index in [1.807, 2.05) is 61.7 Å². The molecule has 0 saturated heterocycles. The van der Waals surface area contributed by atoms with E-state index in [1.165, 1.54) is 0 Å². The highest BCUT2D eigenvalue weighted by molar-refractivity contribution is 7.98. The Morgan fingerprint density at radius 2 is 1.71 bits per heavy atom. The number of carbonyl (C=O) groups is 1. The van der Waals surface area contributed by atoms with Gasteiger partial charge in [-0.3, -0.25) is 4.79 Å². The van der Waals surface area contributed by atoms with Crippen molar-refractivity contribution >= 4 is 23.4 Å². The molecule has 2 aromatic carbocycles. The maximum atomic E-state index is 12.1. The number of hydrogen-bond donors (Lipinski definition) is 1. The van der Waals surface area contributed by atoms with Crippen LogP contribution in [0.3, 0.4) is 0 Å². The average molecular weight is 345 g/mol. The molecule has 0 aliphatic heterocycles. The molecule has 0 atom stereocenters. The molecular weight excluding hydrogens is 322 g/mol. The maximum absolute atomic E-state index is 12.1. The van der Waals surface area contributed by atoms with E-state index in [0.717, 1.165) is 16.3 Å². The van der Waals surface area contributed by atoms with Gasteiger partial charge in [0.15, 0.2) is 11.5 Å². The number of para-hydroxylation sites is 3. The highest BCUT2D eigenvalue weighted by atomic mass is 32.2. The fourth-order valence-corrected chi connectivity index (χ4v) is 2.77. The van der Waals surface area contributed by atoms with E-state index >= 15 is 0 Å². The maximum Gasteiger partial charge on any atom is 0.224 e. The molecule has 0 unspecified atom stereocenters. The number of ether oxygens (including phenoxy) is 2. The molecule has 0 bridgehead atoms. The van der Waals surface area contributed by atoms with Gasteiger partial charge >= 0.3 is 0 Å². The van der Waals surface area contributed by atoms with Crippen LogP contribution >= 0.6 is 11.8 Å². The second-order valence-corrected chi connectivity index (χ2v) is 5.93. The first-order valence-electron chi connectivity index (χ1n) is 8.02. The van der Waals surface area contributed by atoms with Crippen LogP contribution in [0.1, 0.15) is 19.8 Å². The summed E-state index contributed by atoms with van der Waals surface area (Å²) >= 11 is 1.62. The molecule has 24 heavy (non-hydrogen) atoms. The van der Waals surface area contributed by atoms with E-state index in [2.05, 4.69) is 5.32 Å². The molecule has 0 radical (unpaired) electrons. The van der Waals surface area contributed by atoms with Gasteiger partial charge in [0, 0.05) is 11.3 Å². The predicted molar refractivity (Wildman–Crippen MR) is 99.2 cm³/mol. The second-order valence-electron chi connectivity index (χ2n) is 5.08. The van der Waals surface area contributed by atoms with Gasteiger partial charge in [-0.25, -0.2) is 0 Å². The summed E-state index contributed by atoms with van der Waals surface area (Å²) in [4.78, 5) is 13.1. The van der Waals surface area contributed by atoms with Gasteiger partial charge in [-0.1, -0.05) is 24.3 Å². The lowest BCUT2D eigenvalue weighted by molar-refractivity contribution is -0.116. The van der Waals surface area contributed by atoms with Gasteiger partial charge in [0.2, 0.25) is 5.91 Å². The molecule has 0 spiro atoms. The van der Waals surface area contributed by atoms with Gasteiger partial charge in [0.1, 0.15) is 0 Å². The minimum atomic E-state index is -0.00167. The van der Waals surface area contributed by atoms with E-state index in [4.69, 9.17) is 9.47 Å². The number of amides is 1. The topological polar surface area (TPSA) is 47.6 Å². The third-order valence-electron chi connectivity index (χ3n) is 3.34. The van der Waals surface area contributed by atoms with E-state index < -0.39 is 0 Å². The molecule has 0 aliphatic rings. The van der Waals surface area contributed by atoms with Crippen molar-refractivity contribution in [1.82, 2.24) is 0 Å². The first kappa shape index (κ1) is 18.2. The largest absolute Gasteiger partial charge is 0.490 e. The summed E-state index contributed by atoms with van der Waals surface area (Å²) in [6.45, 7) is 3.01. The van der Waals surface area contributed by atoms with Gasteiger partial charge in [-0.2, -0.15) is 0 Å². The molecule has 1 amide bonds. The van der Waals surface area contributed by atoms with E-state index in [-0.39, 0.29) is 5.91 Å². The van der Waals surface area contributed by atoms with Gasteiger partial charge in [-0.15, -0.1) is 11.8 Å². The minimum absolute atomic E-state index is 0.00167. The highest BCUT2D eigenvalue weighted by Gasteiger charge is 2.07. The van der Waals surface area contributed by atoms with Crippen molar-refractivity contribution < 1.29 is 14.3 Å². The fraction of sp³-hybridized carbons (Fsp3) is 0.316. The number of rotatable bonds is 9. The Bertz CT molecular complexity index is 661. The van der Waals surface area contributed by atoms with Gasteiger partial charge < -0.3 is 14.8 Å². The number of hydrogen-bond acceptors (Lipinski definition) is 4. The van der Waals surface area contributed by atoms with Crippen molar-refractivity contribution in [3.8, 4) is 11.5 Å². The highest BCUT2D eigenvalue weighted by Crippen LogP contribution is 2.27. The zero-order chi connectivity index (χ0) is 17.2. The summed E-state index contributed by atoms with van der Waals surface area (Å²) in [6, 6.07) is 15.4. The average Bonchev–Trinajstić information content (AvgIpc) is 2.61. The number of nitrogens with one attached hydrogen (secondary N) is 1. The van der Waals surface area contributed by atoms with Crippen LogP contribution in [0.25, 0.3) is 0 Å². The molecule has 0 fully saturated rings. The molecule has 0 heterocycles. The molecule has 0 saturated carbocycles.